The van der Waals surface area contributed by atoms with Crippen LogP contribution in [-0.2, 0) is 4.79 Å². The minimum atomic E-state index is -0.968. The molecule has 2 aromatic carbocycles. The molecule has 0 spiro atoms. The van der Waals surface area contributed by atoms with Gasteiger partial charge in [-0.2, -0.15) is 15.2 Å². The third kappa shape index (κ3) is 5.27. The molecule has 3 saturated heterocycles. The van der Waals surface area contributed by atoms with Gasteiger partial charge in [-0.15, -0.1) is 11.3 Å². The average molecular weight is 726 g/mol. The van der Waals surface area contributed by atoms with E-state index >= 15 is 8.78 Å². The molecular weight excluding hydrogens is 691 g/mol. The Hall–Kier alpha value is -4.06. The van der Waals surface area contributed by atoms with Crippen LogP contribution >= 0.6 is 22.9 Å². The normalized spacial score (nSPS) is 23.4. The van der Waals surface area contributed by atoms with Crippen LogP contribution in [0, 0.1) is 23.0 Å². The Bertz CT molecular complexity index is 2090. The van der Waals surface area contributed by atoms with E-state index in [1.165, 1.54) is 12.1 Å². The number of thiophene rings is 1. The van der Waals surface area contributed by atoms with Gasteiger partial charge in [-0.25, -0.2) is 13.2 Å². The van der Waals surface area contributed by atoms with Gasteiger partial charge in [-0.05, 0) is 50.8 Å². The molecule has 1 amide bonds. The van der Waals surface area contributed by atoms with Crippen LogP contribution < -0.4 is 20.1 Å². The smallest absolute Gasteiger partial charge is 0.319 e. The van der Waals surface area contributed by atoms with Gasteiger partial charge in [0, 0.05) is 50.0 Å². The highest BCUT2D eigenvalue weighted by molar-refractivity contribution is 7.23. The number of nitrogens with zero attached hydrogens (tertiary/aromatic N) is 6. The second kappa shape index (κ2) is 12.6. The van der Waals surface area contributed by atoms with Crippen LogP contribution in [0.1, 0.15) is 51.0 Å². The van der Waals surface area contributed by atoms with Crippen molar-refractivity contribution in [2.45, 2.75) is 63.2 Å². The van der Waals surface area contributed by atoms with Gasteiger partial charge in [0.25, 0.3) is 0 Å². The van der Waals surface area contributed by atoms with Crippen LogP contribution in [0.2, 0.25) is 5.02 Å². The minimum Gasteiger partial charge on any atom is -0.489 e. The Morgan fingerprint density at radius 3 is 2.80 bits per heavy atom. The van der Waals surface area contributed by atoms with Crippen LogP contribution in [0.25, 0.3) is 32.1 Å². The van der Waals surface area contributed by atoms with E-state index in [0.717, 1.165) is 56.7 Å². The molecule has 4 aliphatic heterocycles. The Balaban J connectivity index is 1.30. The van der Waals surface area contributed by atoms with Crippen LogP contribution in [0.5, 0.6) is 11.8 Å². The zero-order valence-electron chi connectivity index (χ0n) is 27.4. The average Bonchev–Trinajstić information content (AvgIpc) is 3.87. The van der Waals surface area contributed by atoms with Crippen molar-refractivity contribution in [1.29, 1.82) is 5.26 Å². The first kappa shape index (κ1) is 33.1. The fourth-order valence-electron chi connectivity index (χ4n) is 8.21. The molecule has 2 N–H and O–H groups in total. The molecule has 4 aromatic rings. The molecule has 15 heteroatoms. The van der Waals surface area contributed by atoms with E-state index < -0.39 is 23.3 Å². The SMILES string of the molecule is C[C@H]1COc2c(Cl)c(-c3ccc(F)c4sc(N)c(C#N)c34)c(F)c3nc(OC[C@@]45CCCN4C[C@H](F)C5)nc(c23)N1CCC(=O)N1CCCC1. The van der Waals surface area contributed by atoms with Gasteiger partial charge < -0.3 is 25.0 Å². The van der Waals surface area contributed by atoms with E-state index in [2.05, 4.69) is 9.88 Å². The van der Waals surface area contributed by atoms with Crippen molar-refractivity contribution in [1.82, 2.24) is 19.8 Å². The van der Waals surface area contributed by atoms with Crippen LogP contribution in [0.15, 0.2) is 12.1 Å². The van der Waals surface area contributed by atoms with Gasteiger partial charge in [-0.3, -0.25) is 9.69 Å². The maximum absolute atomic E-state index is 17.2. The molecule has 6 heterocycles. The molecular formula is C35H35ClF3N7O3S. The number of nitrogen functional groups attached to an aromatic ring is 1. The molecule has 2 aromatic heterocycles. The quantitative estimate of drug-likeness (QED) is 0.229. The number of amides is 1. The van der Waals surface area contributed by atoms with Crippen LogP contribution in [0.3, 0.4) is 0 Å². The number of nitriles is 1. The number of aromatic nitrogens is 2. The lowest BCUT2D eigenvalue weighted by Gasteiger charge is -2.31. The molecule has 3 atom stereocenters. The van der Waals surface area contributed by atoms with Gasteiger partial charge in [0.15, 0.2) is 11.6 Å². The zero-order valence-corrected chi connectivity index (χ0v) is 29.0. The number of nitrogens with two attached hydrogens (primary N) is 1. The molecule has 0 aliphatic carbocycles. The number of alkyl halides is 1. The number of fused-ring (bicyclic) bond motifs is 2. The van der Waals surface area contributed by atoms with E-state index in [-0.39, 0.29) is 97.6 Å². The fraction of sp³-hybridized carbons (Fsp3) is 0.486. The number of halogens is 4. The Kier molecular flexibility index (Phi) is 8.35. The van der Waals surface area contributed by atoms with Gasteiger partial charge in [0.05, 0.1) is 32.3 Å². The first-order chi connectivity index (χ1) is 24.1. The van der Waals surface area contributed by atoms with Crippen molar-refractivity contribution >= 4 is 60.7 Å². The first-order valence-corrected chi connectivity index (χ1v) is 18.1. The number of carbonyl (C=O) groups excluding carboxylic acids is 1. The van der Waals surface area contributed by atoms with Crippen molar-refractivity contribution in [3.63, 3.8) is 0 Å². The summed E-state index contributed by atoms with van der Waals surface area (Å²) in [5.41, 5.74) is 5.48. The minimum absolute atomic E-state index is 0.0137. The largest absolute Gasteiger partial charge is 0.489 e. The summed E-state index contributed by atoms with van der Waals surface area (Å²) < 4.78 is 59.5. The lowest BCUT2D eigenvalue weighted by molar-refractivity contribution is -0.129. The third-order valence-corrected chi connectivity index (χ3v) is 12.1. The molecule has 0 saturated carbocycles. The predicted octanol–water partition coefficient (Wildman–Crippen LogP) is 6.45. The summed E-state index contributed by atoms with van der Waals surface area (Å²) in [6, 6.07) is 4.14. The molecule has 0 bridgehead atoms. The molecule has 10 nitrogen and oxygen atoms in total. The van der Waals surface area contributed by atoms with Gasteiger partial charge in [0.1, 0.15) is 47.6 Å². The zero-order chi connectivity index (χ0) is 34.9. The second-order valence-electron chi connectivity index (χ2n) is 13.7. The summed E-state index contributed by atoms with van der Waals surface area (Å²) in [7, 11) is 0. The third-order valence-electron chi connectivity index (χ3n) is 10.7. The Morgan fingerprint density at radius 2 is 2.02 bits per heavy atom. The lowest BCUT2D eigenvalue weighted by atomic mass is 9.95. The predicted molar refractivity (Wildman–Crippen MR) is 186 cm³/mol. The summed E-state index contributed by atoms with van der Waals surface area (Å²) in [5.74, 6) is -1.02. The van der Waals surface area contributed by atoms with E-state index in [0.29, 0.717) is 18.8 Å². The number of benzene rings is 2. The second-order valence-corrected chi connectivity index (χ2v) is 15.1. The monoisotopic (exact) mass is 725 g/mol. The summed E-state index contributed by atoms with van der Waals surface area (Å²) in [5, 5.41) is 10.3. The number of likely N-dealkylation sites (tertiary alicyclic amines) is 1. The summed E-state index contributed by atoms with van der Waals surface area (Å²) in [6.07, 6.45) is 3.17. The standard InChI is InChI=1S/C35H35ClF3N7O3S/c1-18-16-48-30-26-29(28(39)25(27(30)36)20-5-6-22(38)31-24(20)21(14-40)32(41)50-31)42-34(49-17-35-8-4-11-45(35)15-19(37)13-35)43-33(26)46(18)12-7-23(47)44-9-2-3-10-44/h5-6,18-19H,2-4,7-13,15-17,41H2,1H3/t18-,19+,35-/m0/s1. The molecule has 8 rings (SSSR count). The van der Waals surface area contributed by atoms with E-state index in [1.807, 2.05) is 22.8 Å². The van der Waals surface area contributed by atoms with Crippen molar-refractivity contribution in [2.24, 2.45) is 0 Å². The number of rotatable bonds is 7. The number of hydrogen-bond donors (Lipinski definition) is 1. The molecule has 0 unspecified atom stereocenters. The van der Waals surface area contributed by atoms with E-state index in [1.54, 1.807) is 0 Å². The number of ether oxygens (including phenoxy) is 2. The van der Waals surface area contributed by atoms with Gasteiger partial charge >= 0.3 is 6.01 Å². The fourth-order valence-corrected chi connectivity index (χ4v) is 9.49. The Morgan fingerprint density at radius 1 is 1.22 bits per heavy atom. The van der Waals surface area contributed by atoms with Crippen molar-refractivity contribution in [3.8, 4) is 29.0 Å². The lowest BCUT2D eigenvalue weighted by Crippen LogP contribution is -2.43. The summed E-state index contributed by atoms with van der Waals surface area (Å²) in [4.78, 5) is 28.4. The molecule has 50 heavy (non-hydrogen) atoms. The molecule has 262 valence electrons. The summed E-state index contributed by atoms with van der Waals surface area (Å²) >= 11 is 7.94. The molecule has 0 radical (unpaired) electrons. The van der Waals surface area contributed by atoms with E-state index in [9.17, 15) is 14.4 Å². The topological polar surface area (TPSA) is 121 Å². The van der Waals surface area contributed by atoms with Crippen molar-refractivity contribution in [3.05, 3.63) is 34.4 Å². The van der Waals surface area contributed by atoms with Crippen molar-refractivity contribution in [2.75, 3.05) is 56.6 Å². The van der Waals surface area contributed by atoms with Gasteiger partial charge in [-0.1, -0.05) is 17.7 Å². The number of carbonyl (C=O) groups is 1. The number of hydrogen-bond acceptors (Lipinski definition) is 10. The maximum Gasteiger partial charge on any atom is 0.319 e. The van der Waals surface area contributed by atoms with E-state index in [4.69, 9.17) is 31.8 Å². The summed E-state index contributed by atoms with van der Waals surface area (Å²) in [6.45, 7) is 4.97. The Labute approximate surface area is 295 Å². The highest BCUT2D eigenvalue weighted by Crippen LogP contribution is 2.51. The highest BCUT2D eigenvalue weighted by atomic mass is 35.5. The maximum atomic E-state index is 17.2. The van der Waals surface area contributed by atoms with Crippen molar-refractivity contribution < 1.29 is 27.4 Å². The number of anilines is 2. The van der Waals surface area contributed by atoms with Crippen LogP contribution in [0.4, 0.5) is 24.0 Å². The molecule has 3 fully saturated rings. The molecule has 4 aliphatic rings. The van der Waals surface area contributed by atoms with Crippen LogP contribution in [-0.4, -0.2) is 89.4 Å². The first-order valence-electron chi connectivity index (χ1n) is 16.9. The highest BCUT2D eigenvalue weighted by Gasteiger charge is 2.49. The van der Waals surface area contributed by atoms with Gasteiger partial charge in [0.2, 0.25) is 5.91 Å².